The quantitative estimate of drug-likeness (QED) is 0.680. The molecule has 1 unspecified atom stereocenters. The molecule has 2 heteroatoms. The number of hydrogen-bond acceptors (Lipinski definition) is 2. The molecule has 0 spiro atoms. The second kappa shape index (κ2) is 5.13. The molecular formula is C12H26N2. The molecule has 1 saturated carbocycles. The fourth-order valence-electron chi connectivity index (χ4n) is 2.80. The standard InChI is InChI=1S/C12H26N2/c1-4-9-14(6-3)12(5-2,10-13)11-7-8-11/h11H,4-10,13H2,1-3H3. The molecule has 0 aromatic rings. The molecule has 0 aromatic carbocycles. The highest BCUT2D eigenvalue weighted by atomic mass is 15.2. The molecule has 1 aliphatic carbocycles. The van der Waals surface area contributed by atoms with E-state index in [1.165, 1.54) is 32.2 Å². The van der Waals surface area contributed by atoms with Crippen LogP contribution >= 0.6 is 0 Å². The number of nitrogens with two attached hydrogens (primary N) is 1. The lowest BCUT2D eigenvalue weighted by Gasteiger charge is -2.43. The van der Waals surface area contributed by atoms with Crippen molar-refractivity contribution in [2.45, 2.75) is 52.0 Å². The third kappa shape index (κ3) is 2.12. The lowest BCUT2D eigenvalue weighted by atomic mass is 9.87. The molecule has 0 saturated heterocycles. The van der Waals surface area contributed by atoms with Gasteiger partial charge in [0.15, 0.2) is 0 Å². The minimum absolute atomic E-state index is 0.324. The molecule has 0 radical (unpaired) electrons. The molecule has 1 atom stereocenters. The van der Waals surface area contributed by atoms with Gasteiger partial charge in [0.2, 0.25) is 0 Å². The molecule has 2 nitrogen and oxygen atoms in total. The van der Waals surface area contributed by atoms with Crippen molar-refractivity contribution < 1.29 is 0 Å². The summed E-state index contributed by atoms with van der Waals surface area (Å²) in [5.41, 5.74) is 6.35. The molecule has 2 N–H and O–H groups in total. The van der Waals surface area contributed by atoms with E-state index in [-0.39, 0.29) is 0 Å². The van der Waals surface area contributed by atoms with Crippen molar-refractivity contribution in [1.82, 2.24) is 4.90 Å². The maximum Gasteiger partial charge on any atom is 0.0357 e. The van der Waals surface area contributed by atoms with Crippen molar-refractivity contribution >= 4 is 0 Å². The Morgan fingerprint density at radius 2 is 1.93 bits per heavy atom. The van der Waals surface area contributed by atoms with Gasteiger partial charge in [0.05, 0.1) is 0 Å². The normalized spacial score (nSPS) is 21.2. The van der Waals surface area contributed by atoms with Crippen molar-refractivity contribution in [1.29, 1.82) is 0 Å². The van der Waals surface area contributed by atoms with E-state index in [1.54, 1.807) is 0 Å². The van der Waals surface area contributed by atoms with Gasteiger partial charge < -0.3 is 5.73 Å². The first-order chi connectivity index (χ1) is 6.75. The van der Waals surface area contributed by atoms with E-state index >= 15 is 0 Å². The number of nitrogens with zero attached hydrogens (tertiary/aromatic N) is 1. The van der Waals surface area contributed by atoms with Crippen molar-refractivity contribution in [3.63, 3.8) is 0 Å². The summed E-state index contributed by atoms with van der Waals surface area (Å²) in [4.78, 5) is 2.62. The zero-order chi connectivity index (χ0) is 10.6. The second-order valence-electron chi connectivity index (χ2n) is 4.52. The van der Waals surface area contributed by atoms with Crippen LogP contribution in [-0.4, -0.2) is 30.1 Å². The van der Waals surface area contributed by atoms with Crippen molar-refractivity contribution in [2.75, 3.05) is 19.6 Å². The average molecular weight is 198 g/mol. The Labute approximate surface area is 88.8 Å². The molecule has 0 bridgehead atoms. The SMILES string of the molecule is CCCN(CC)C(CC)(CN)C1CC1. The van der Waals surface area contributed by atoms with Gasteiger partial charge in [-0.2, -0.15) is 0 Å². The summed E-state index contributed by atoms with van der Waals surface area (Å²) >= 11 is 0. The summed E-state index contributed by atoms with van der Waals surface area (Å²) in [7, 11) is 0. The van der Waals surface area contributed by atoms with Gasteiger partial charge in [0.1, 0.15) is 0 Å². The smallest absolute Gasteiger partial charge is 0.0357 e. The maximum absolute atomic E-state index is 6.02. The third-order valence-electron chi connectivity index (χ3n) is 3.81. The van der Waals surface area contributed by atoms with Crippen molar-refractivity contribution in [2.24, 2.45) is 11.7 Å². The molecule has 1 aliphatic rings. The highest BCUT2D eigenvalue weighted by molar-refractivity contribution is 5.02. The lowest BCUT2D eigenvalue weighted by Crippen LogP contribution is -2.55. The molecule has 1 fully saturated rings. The van der Waals surface area contributed by atoms with E-state index in [1.807, 2.05) is 0 Å². The third-order valence-corrected chi connectivity index (χ3v) is 3.81. The molecule has 14 heavy (non-hydrogen) atoms. The molecule has 84 valence electrons. The van der Waals surface area contributed by atoms with Crippen LogP contribution in [0.2, 0.25) is 0 Å². The zero-order valence-electron chi connectivity index (χ0n) is 10.1. The van der Waals surface area contributed by atoms with Crippen molar-refractivity contribution in [3.05, 3.63) is 0 Å². The first-order valence-corrected chi connectivity index (χ1v) is 6.20. The molecule has 0 aliphatic heterocycles. The largest absolute Gasteiger partial charge is 0.329 e. The first-order valence-electron chi connectivity index (χ1n) is 6.20. The summed E-state index contributed by atoms with van der Waals surface area (Å²) in [5.74, 6) is 0.879. The maximum atomic E-state index is 6.02. The van der Waals surface area contributed by atoms with Crippen LogP contribution in [0, 0.1) is 5.92 Å². The zero-order valence-corrected chi connectivity index (χ0v) is 10.1. The van der Waals surface area contributed by atoms with Crippen LogP contribution in [0.5, 0.6) is 0 Å². The number of likely N-dealkylation sites (N-methyl/N-ethyl adjacent to an activating group) is 1. The molecular weight excluding hydrogens is 172 g/mol. The van der Waals surface area contributed by atoms with E-state index in [0.717, 1.165) is 19.0 Å². The van der Waals surface area contributed by atoms with Crippen LogP contribution in [0.4, 0.5) is 0 Å². The Morgan fingerprint density at radius 1 is 1.29 bits per heavy atom. The van der Waals surface area contributed by atoms with Gasteiger partial charge in [-0.05, 0) is 44.7 Å². The summed E-state index contributed by atoms with van der Waals surface area (Å²) in [6.45, 7) is 10.0. The number of rotatable bonds is 7. The van der Waals surface area contributed by atoms with Crippen LogP contribution < -0.4 is 5.73 Å². The van der Waals surface area contributed by atoms with Gasteiger partial charge in [0.25, 0.3) is 0 Å². The minimum atomic E-state index is 0.324. The van der Waals surface area contributed by atoms with Gasteiger partial charge in [-0.15, -0.1) is 0 Å². The average Bonchev–Trinajstić information content (AvgIpc) is 3.03. The monoisotopic (exact) mass is 198 g/mol. The van der Waals surface area contributed by atoms with Crippen LogP contribution in [0.25, 0.3) is 0 Å². The van der Waals surface area contributed by atoms with E-state index in [2.05, 4.69) is 25.7 Å². The van der Waals surface area contributed by atoms with Crippen LogP contribution in [0.15, 0.2) is 0 Å². The molecule has 1 rings (SSSR count). The summed E-state index contributed by atoms with van der Waals surface area (Å²) < 4.78 is 0. The second-order valence-corrected chi connectivity index (χ2v) is 4.52. The van der Waals surface area contributed by atoms with Gasteiger partial charge in [-0.25, -0.2) is 0 Å². The predicted molar refractivity (Wildman–Crippen MR) is 62.3 cm³/mol. The summed E-state index contributed by atoms with van der Waals surface area (Å²) in [6.07, 6.45) is 5.24. The highest BCUT2D eigenvalue weighted by Gasteiger charge is 2.45. The number of hydrogen-bond donors (Lipinski definition) is 1. The highest BCUT2D eigenvalue weighted by Crippen LogP contribution is 2.44. The Kier molecular flexibility index (Phi) is 4.39. The van der Waals surface area contributed by atoms with E-state index in [0.29, 0.717) is 5.54 Å². The minimum Gasteiger partial charge on any atom is -0.329 e. The molecule has 0 heterocycles. The molecule has 0 amide bonds. The Balaban J connectivity index is 2.71. The van der Waals surface area contributed by atoms with Gasteiger partial charge in [-0.3, -0.25) is 4.90 Å². The van der Waals surface area contributed by atoms with E-state index in [4.69, 9.17) is 5.73 Å². The van der Waals surface area contributed by atoms with E-state index in [9.17, 15) is 0 Å². The van der Waals surface area contributed by atoms with Crippen molar-refractivity contribution in [3.8, 4) is 0 Å². The van der Waals surface area contributed by atoms with E-state index < -0.39 is 0 Å². The van der Waals surface area contributed by atoms with Gasteiger partial charge >= 0.3 is 0 Å². The Bertz CT molecular complexity index is 160. The fraction of sp³-hybridized carbons (Fsp3) is 1.00. The Hall–Kier alpha value is -0.0800. The lowest BCUT2D eigenvalue weighted by molar-refractivity contribution is 0.0736. The van der Waals surface area contributed by atoms with Crippen LogP contribution in [-0.2, 0) is 0 Å². The molecule has 0 aromatic heterocycles. The topological polar surface area (TPSA) is 29.3 Å². The fourth-order valence-corrected chi connectivity index (χ4v) is 2.80. The Morgan fingerprint density at radius 3 is 2.21 bits per heavy atom. The van der Waals surface area contributed by atoms with Crippen LogP contribution in [0.3, 0.4) is 0 Å². The van der Waals surface area contributed by atoms with Crippen LogP contribution in [0.1, 0.15) is 46.5 Å². The van der Waals surface area contributed by atoms with Gasteiger partial charge in [0, 0.05) is 12.1 Å². The first kappa shape index (κ1) is 12.0. The summed E-state index contributed by atoms with van der Waals surface area (Å²) in [5, 5.41) is 0. The predicted octanol–water partition coefficient (Wildman–Crippen LogP) is 2.24. The summed E-state index contributed by atoms with van der Waals surface area (Å²) in [6, 6.07) is 0. The van der Waals surface area contributed by atoms with Gasteiger partial charge in [-0.1, -0.05) is 20.8 Å².